The van der Waals surface area contributed by atoms with Crippen LogP contribution in [0.15, 0.2) is 63.9 Å². The van der Waals surface area contributed by atoms with Gasteiger partial charge in [0.15, 0.2) is 0 Å². The third kappa shape index (κ3) is 3.11. The highest BCUT2D eigenvalue weighted by Gasteiger charge is 2.09. The summed E-state index contributed by atoms with van der Waals surface area (Å²) in [6.45, 7) is 0.529. The van der Waals surface area contributed by atoms with Gasteiger partial charge in [0.25, 0.3) is 5.91 Å². The number of hydrogen-bond acceptors (Lipinski definition) is 3. The van der Waals surface area contributed by atoms with Gasteiger partial charge in [-0.3, -0.25) is 4.79 Å². The highest BCUT2D eigenvalue weighted by atomic mass is 32.1. The van der Waals surface area contributed by atoms with Crippen molar-refractivity contribution in [3.63, 3.8) is 0 Å². The highest BCUT2D eigenvalue weighted by Crippen LogP contribution is 2.19. The van der Waals surface area contributed by atoms with Crippen LogP contribution in [0.1, 0.15) is 16.1 Å². The first-order valence-electron chi connectivity index (χ1n) is 6.78. The van der Waals surface area contributed by atoms with Crippen molar-refractivity contribution in [3.8, 4) is 0 Å². The summed E-state index contributed by atoms with van der Waals surface area (Å²) in [6, 6.07) is 17.1. The van der Waals surface area contributed by atoms with Gasteiger partial charge in [0.2, 0.25) is 0 Å². The molecule has 0 fully saturated rings. The number of fused-ring (bicyclic) bond motifs is 1. The van der Waals surface area contributed by atoms with E-state index in [9.17, 15) is 4.79 Å². The predicted molar refractivity (Wildman–Crippen MR) is 85.9 cm³/mol. The average molecular weight is 297 g/mol. The molecular formula is C17H15NO2S. The summed E-state index contributed by atoms with van der Waals surface area (Å²) in [7, 11) is 0. The third-order valence-corrected chi connectivity index (χ3v) is 3.67. The molecule has 0 aliphatic heterocycles. The number of thiol groups is 1. The molecule has 0 saturated heterocycles. The van der Waals surface area contributed by atoms with Gasteiger partial charge < -0.3 is 9.73 Å². The largest absolute Gasteiger partial charge is 0.461 e. The zero-order valence-corrected chi connectivity index (χ0v) is 12.3. The molecule has 3 nitrogen and oxygen atoms in total. The van der Waals surface area contributed by atoms with E-state index in [0.717, 1.165) is 16.7 Å². The van der Waals surface area contributed by atoms with Gasteiger partial charge in [0.05, 0.1) is 5.56 Å². The van der Waals surface area contributed by atoms with E-state index in [-0.39, 0.29) is 5.91 Å². The number of nitrogens with one attached hydrogen (secondary N) is 1. The second-order valence-corrected chi connectivity index (χ2v) is 5.26. The monoisotopic (exact) mass is 297 g/mol. The van der Waals surface area contributed by atoms with Crippen molar-refractivity contribution in [2.75, 3.05) is 6.54 Å². The number of benzene rings is 2. The van der Waals surface area contributed by atoms with E-state index >= 15 is 0 Å². The molecule has 0 aliphatic carbocycles. The van der Waals surface area contributed by atoms with Gasteiger partial charge in [-0.05, 0) is 24.3 Å². The van der Waals surface area contributed by atoms with Gasteiger partial charge in [0, 0.05) is 23.2 Å². The fourth-order valence-corrected chi connectivity index (χ4v) is 2.48. The summed E-state index contributed by atoms with van der Waals surface area (Å²) in [5.74, 6) is 0.757. The fourth-order valence-electron chi connectivity index (χ4n) is 2.22. The molecule has 0 unspecified atom stereocenters. The summed E-state index contributed by atoms with van der Waals surface area (Å²) in [4.78, 5) is 12.7. The van der Waals surface area contributed by atoms with Crippen LogP contribution in [0.2, 0.25) is 0 Å². The van der Waals surface area contributed by atoms with Crippen molar-refractivity contribution in [2.24, 2.45) is 0 Å². The molecule has 3 aromatic rings. The second kappa shape index (κ2) is 6.06. The molecule has 106 valence electrons. The highest BCUT2D eigenvalue weighted by molar-refractivity contribution is 7.80. The molecule has 0 radical (unpaired) electrons. The minimum atomic E-state index is -0.114. The van der Waals surface area contributed by atoms with Crippen molar-refractivity contribution in [1.82, 2.24) is 5.32 Å². The van der Waals surface area contributed by atoms with Gasteiger partial charge in [-0.25, -0.2) is 0 Å². The first kappa shape index (κ1) is 13.8. The van der Waals surface area contributed by atoms with Gasteiger partial charge >= 0.3 is 0 Å². The van der Waals surface area contributed by atoms with E-state index in [1.807, 2.05) is 42.5 Å². The summed E-state index contributed by atoms with van der Waals surface area (Å²) < 4.78 is 5.71. The minimum Gasteiger partial charge on any atom is -0.461 e. The number of para-hydroxylation sites is 1. The van der Waals surface area contributed by atoms with Gasteiger partial charge in [-0.15, -0.1) is 12.6 Å². The van der Waals surface area contributed by atoms with E-state index in [0.29, 0.717) is 23.4 Å². The fraction of sp³-hybridized carbons (Fsp3) is 0.118. The van der Waals surface area contributed by atoms with Gasteiger partial charge in [0.1, 0.15) is 11.3 Å². The van der Waals surface area contributed by atoms with Gasteiger partial charge in [-0.1, -0.05) is 30.3 Å². The van der Waals surface area contributed by atoms with Gasteiger partial charge in [-0.2, -0.15) is 0 Å². The lowest BCUT2D eigenvalue weighted by atomic mass is 10.2. The zero-order valence-electron chi connectivity index (χ0n) is 11.4. The lowest BCUT2D eigenvalue weighted by molar-refractivity contribution is 0.0951. The molecule has 0 aliphatic rings. The Hall–Kier alpha value is -2.20. The lowest BCUT2D eigenvalue weighted by Crippen LogP contribution is -2.25. The number of amides is 1. The Labute approximate surface area is 128 Å². The molecule has 4 heteroatoms. The maximum Gasteiger partial charge on any atom is 0.252 e. The van der Waals surface area contributed by atoms with Crippen molar-refractivity contribution < 1.29 is 9.21 Å². The Kier molecular flexibility index (Phi) is 3.97. The van der Waals surface area contributed by atoms with Crippen molar-refractivity contribution in [3.05, 3.63) is 65.9 Å². The van der Waals surface area contributed by atoms with Crippen molar-refractivity contribution in [1.29, 1.82) is 0 Å². The van der Waals surface area contributed by atoms with Crippen LogP contribution in [0.4, 0.5) is 0 Å². The molecule has 1 N–H and O–H groups in total. The molecule has 2 aromatic carbocycles. The molecule has 1 amide bonds. The van der Waals surface area contributed by atoms with E-state index in [2.05, 4.69) is 17.9 Å². The number of hydrogen-bond donors (Lipinski definition) is 2. The van der Waals surface area contributed by atoms with E-state index in [1.165, 1.54) is 0 Å². The standard InChI is InChI=1S/C17H15NO2S/c19-17(14-6-2-4-8-16(14)21)18-10-9-13-11-12-5-1-3-7-15(12)20-13/h1-8,11,21H,9-10H2,(H,18,19). The normalized spacial score (nSPS) is 10.7. The van der Waals surface area contributed by atoms with Crippen LogP contribution in [0.5, 0.6) is 0 Å². The molecular weight excluding hydrogens is 282 g/mol. The van der Waals surface area contributed by atoms with Crippen LogP contribution in [-0.2, 0) is 6.42 Å². The van der Waals surface area contributed by atoms with Crippen LogP contribution < -0.4 is 5.32 Å². The number of carbonyl (C=O) groups excluding carboxylic acids is 1. The van der Waals surface area contributed by atoms with Crippen molar-refractivity contribution >= 4 is 29.5 Å². The SMILES string of the molecule is O=C(NCCc1cc2ccccc2o1)c1ccccc1S. The molecule has 0 saturated carbocycles. The van der Waals surface area contributed by atoms with Crippen LogP contribution >= 0.6 is 12.6 Å². The summed E-state index contributed by atoms with van der Waals surface area (Å²) in [6.07, 6.45) is 0.662. The van der Waals surface area contributed by atoms with Crippen molar-refractivity contribution in [2.45, 2.75) is 11.3 Å². The van der Waals surface area contributed by atoms with Crippen LogP contribution in [0.25, 0.3) is 11.0 Å². The second-order valence-electron chi connectivity index (χ2n) is 4.77. The molecule has 1 aromatic heterocycles. The Morgan fingerprint density at radius 2 is 1.86 bits per heavy atom. The Bertz CT molecular complexity index is 746. The Morgan fingerprint density at radius 3 is 2.67 bits per heavy atom. The quantitative estimate of drug-likeness (QED) is 0.721. The van der Waals surface area contributed by atoms with Crippen LogP contribution in [0.3, 0.4) is 0 Å². The number of rotatable bonds is 4. The maximum absolute atomic E-state index is 12.0. The van der Waals surface area contributed by atoms with E-state index in [1.54, 1.807) is 12.1 Å². The summed E-state index contributed by atoms with van der Waals surface area (Å²) >= 11 is 4.28. The first-order valence-corrected chi connectivity index (χ1v) is 7.22. The number of carbonyl (C=O) groups is 1. The van der Waals surface area contributed by atoms with E-state index < -0.39 is 0 Å². The Balaban J connectivity index is 1.61. The minimum absolute atomic E-state index is 0.114. The van der Waals surface area contributed by atoms with Crippen LogP contribution in [-0.4, -0.2) is 12.5 Å². The number of furan rings is 1. The molecule has 3 rings (SSSR count). The summed E-state index contributed by atoms with van der Waals surface area (Å²) in [5.41, 5.74) is 1.46. The molecule has 0 spiro atoms. The lowest BCUT2D eigenvalue weighted by Gasteiger charge is -2.05. The average Bonchev–Trinajstić information content (AvgIpc) is 2.90. The summed E-state index contributed by atoms with van der Waals surface area (Å²) in [5, 5.41) is 3.97. The predicted octanol–water partition coefficient (Wildman–Crippen LogP) is 3.69. The smallest absolute Gasteiger partial charge is 0.252 e. The molecule has 0 bridgehead atoms. The third-order valence-electron chi connectivity index (χ3n) is 3.28. The molecule has 0 atom stereocenters. The first-order chi connectivity index (χ1) is 10.2. The Morgan fingerprint density at radius 1 is 1.10 bits per heavy atom. The molecule has 1 heterocycles. The maximum atomic E-state index is 12.0. The van der Waals surface area contributed by atoms with E-state index in [4.69, 9.17) is 4.42 Å². The topological polar surface area (TPSA) is 42.2 Å². The van der Waals surface area contributed by atoms with Crippen LogP contribution in [0, 0.1) is 0 Å². The zero-order chi connectivity index (χ0) is 14.7. The molecule has 21 heavy (non-hydrogen) atoms.